The standard InChI is InChI=1S/C16H24N2O2/c1-16(6-8-17-9-7-16)12-18-15(19)11-13-4-3-5-14(10-13)20-2/h3-5,10,17H,6-9,11-12H2,1-2H3,(H,18,19). The second kappa shape index (κ2) is 6.75. The fourth-order valence-electron chi connectivity index (χ4n) is 2.55. The molecule has 20 heavy (non-hydrogen) atoms. The first-order chi connectivity index (χ1) is 9.61. The van der Waals surface area contributed by atoms with Gasteiger partial charge in [0.1, 0.15) is 5.75 Å². The quantitative estimate of drug-likeness (QED) is 0.861. The van der Waals surface area contributed by atoms with Gasteiger partial charge in [-0.3, -0.25) is 4.79 Å². The molecule has 1 fully saturated rings. The number of piperidine rings is 1. The van der Waals surface area contributed by atoms with Gasteiger partial charge in [-0.25, -0.2) is 0 Å². The van der Waals surface area contributed by atoms with Crippen molar-refractivity contribution < 1.29 is 9.53 Å². The summed E-state index contributed by atoms with van der Waals surface area (Å²) in [6.45, 7) is 5.10. The molecule has 0 aliphatic carbocycles. The lowest BCUT2D eigenvalue weighted by molar-refractivity contribution is -0.121. The summed E-state index contributed by atoms with van der Waals surface area (Å²) in [6.07, 6.45) is 2.64. The van der Waals surface area contributed by atoms with Crippen molar-refractivity contribution in [2.45, 2.75) is 26.2 Å². The Morgan fingerprint density at radius 2 is 2.15 bits per heavy atom. The third-order valence-electron chi connectivity index (χ3n) is 4.02. The molecule has 1 aliphatic rings. The molecule has 1 aromatic rings. The molecule has 0 unspecified atom stereocenters. The van der Waals surface area contributed by atoms with Gasteiger partial charge >= 0.3 is 0 Å². The Morgan fingerprint density at radius 3 is 2.85 bits per heavy atom. The van der Waals surface area contributed by atoms with Crippen molar-refractivity contribution in [1.29, 1.82) is 0 Å². The molecule has 4 heteroatoms. The number of carbonyl (C=O) groups is 1. The molecule has 2 N–H and O–H groups in total. The number of amides is 1. The Hall–Kier alpha value is -1.55. The highest BCUT2D eigenvalue weighted by molar-refractivity contribution is 5.78. The van der Waals surface area contributed by atoms with Crippen molar-refractivity contribution in [3.05, 3.63) is 29.8 Å². The van der Waals surface area contributed by atoms with Crippen molar-refractivity contribution in [2.75, 3.05) is 26.7 Å². The van der Waals surface area contributed by atoms with Crippen LogP contribution in [0.1, 0.15) is 25.3 Å². The number of nitrogens with one attached hydrogen (secondary N) is 2. The number of methoxy groups -OCH3 is 1. The van der Waals surface area contributed by atoms with Crippen LogP contribution in [0.4, 0.5) is 0 Å². The minimum absolute atomic E-state index is 0.0815. The summed E-state index contributed by atoms with van der Waals surface area (Å²) in [5, 5.41) is 6.42. The van der Waals surface area contributed by atoms with Crippen LogP contribution in [0, 0.1) is 5.41 Å². The van der Waals surface area contributed by atoms with Gasteiger partial charge < -0.3 is 15.4 Å². The smallest absolute Gasteiger partial charge is 0.224 e. The third kappa shape index (κ3) is 4.23. The highest BCUT2D eigenvalue weighted by Gasteiger charge is 2.26. The van der Waals surface area contributed by atoms with E-state index in [1.165, 1.54) is 0 Å². The lowest BCUT2D eigenvalue weighted by Crippen LogP contribution is -2.43. The maximum Gasteiger partial charge on any atom is 0.224 e. The van der Waals surface area contributed by atoms with E-state index in [1.807, 2.05) is 24.3 Å². The topological polar surface area (TPSA) is 50.4 Å². The van der Waals surface area contributed by atoms with Crippen molar-refractivity contribution in [2.24, 2.45) is 5.41 Å². The molecule has 1 aromatic carbocycles. The fourth-order valence-corrected chi connectivity index (χ4v) is 2.55. The minimum Gasteiger partial charge on any atom is -0.497 e. The second-order valence-corrected chi connectivity index (χ2v) is 5.87. The molecule has 4 nitrogen and oxygen atoms in total. The summed E-state index contributed by atoms with van der Waals surface area (Å²) in [5.41, 5.74) is 1.22. The maximum absolute atomic E-state index is 12.0. The van der Waals surface area contributed by atoms with Crippen LogP contribution in [-0.2, 0) is 11.2 Å². The molecular formula is C16H24N2O2. The predicted octanol–water partition coefficient (Wildman–Crippen LogP) is 1.74. The van der Waals surface area contributed by atoms with Gasteiger partial charge in [-0.05, 0) is 49.0 Å². The number of benzene rings is 1. The van der Waals surface area contributed by atoms with Crippen LogP contribution < -0.4 is 15.4 Å². The van der Waals surface area contributed by atoms with E-state index in [4.69, 9.17) is 4.74 Å². The summed E-state index contributed by atoms with van der Waals surface area (Å²) < 4.78 is 5.17. The van der Waals surface area contributed by atoms with E-state index < -0.39 is 0 Å². The van der Waals surface area contributed by atoms with Crippen LogP contribution >= 0.6 is 0 Å². The Kier molecular flexibility index (Phi) is 5.01. The highest BCUT2D eigenvalue weighted by Crippen LogP contribution is 2.26. The van der Waals surface area contributed by atoms with Gasteiger partial charge in [0, 0.05) is 6.54 Å². The van der Waals surface area contributed by atoms with Crippen LogP contribution in [0.3, 0.4) is 0 Å². The lowest BCUT2D eigenvalue weighted by atomic mass is 9.81. The number of rotatable bonds is 5. The first kappa shape index (κ1) is 14.9. The predicted molar refractivity (Wildman–Crippen MR) is 79.9 cm³/mol. The number of carbonyl (C=O) groups excluding carboxylic acids is 1. The zero-order valence-electron chi connectivity index (χ0n) is 12.4. The van der Waals surface area contributed by atoms with E-state index in [1.54, 1.807) is 7.11 Å². The maximum atomic E-state index is 12.0. The monoisotopic (exact) mass is 276 g/mol. The zero-order valence-corrected chi connectivity index (χ0v) is 12.4. The molecule has 0 radical (unpaired) electrons. The molecule has 2 rings (SSSR count). The molecule has 0 aromatic heterocycles. The van der Waals surface area contributed by atoms with E-state index in [-0.39, 0.29) is 11.3 Å². The average Bonchev–Trinajstić information content (AvgIpc) is 2.46. The van der Waals surface area contributed by atoms with Crippen molar-refractivity contribution in [1.82, 2.24) is 10.6 Å². The Balaban J connectivity index is 1.82. The third-order valence-corrected chi connectivity index (χ3v) is 4.02. The van der Waals surface area contributed by atoms with Gasteiger partial charge in [0.25, 0.3) is 0 Å². The van der Waals surface area contributed by atoms with Gasteiger partial charge in [0.2, 0.25) is 5.91 Å². The number of ether oxygens (including phenoxy) is 1. The van der Waals surface area contributed by atoms with Crippen LogP contribution in [0.25, 0.3) is 0 Å². The average molecular weight is 276 g/mol. The molecule has 1 saturated heterocycles. The molecule has 1 aliphatic heterocycles. The van der Waals surface area contributed by atoms with Gasteiger partial charge in [0.05, 0.1) is 13.5 Å². The SMILES string of the molecule is COc1cccc(CC(=O)NCC2(C)CCNCC2)c1. The number of hydrogen-bond donors (Lipinski definition) is 2. The summed E-state index contributed by atoms with van der Waals surface area (Å²) in [6, 6.07) is 7.66. The summed E-state index contributed by atoms with van der Waals surface area (Å²) in [5.74, 6) is 0.874. The van der Waals surface area contributed by atoms with Gasteiger partial charge in [-0.2, -0.15) is 0 Å². The molecule has 0 saturated carbocycles. The molecular weight excluding hydrogens is 252 g/mol. The normalized spacial score (nSPS) is 17.5. The van der Waals surface area contributed by atoms with Crippen molar-refractivity contribution in [3.8, 4) is 5.75 Å². The molecule has 110 valence electrons. The molecule has 0 bridgehead atoms. The van der Waals surface area contributed by atoms with Crippen LogP contribution in [-0.4, -0.2) is 32.7 Å². The molecule has 0 atom stereocenters. The first-order valence-corrected chi connectivity index (χ1v) is 7.22. The van der Waals surface area contributed by atoms with E-state index in [9.17, 15) is 4.79 Å². The second-order valence-electron chi connectivity index (χ2n) is 5.87. The van der Waals surface area contributed by atoms with E-state index in [2.05, 4.69) is 17.6 Å². The largest absolute Gasteiger partial charge is 0.497 e. The Bertz CT molecular complexity index is 454. The van der Waals surface area contributed by atoms with Crippen LogP contribution in [0.5, 0.6) is 5.75 Å². The van der Waals surface area contributed by atoms with Crippen LogP contribution in [0.15, 0.2) is 24.3 Å². The van der Waals surface area contributed by atoms with Crippen molar-refractivity contribution in [3.63, 3.8) is 0 Å². The van der Waals surface area contributed by atoms with E-state index in [0.29, 0.717) is 6.42 Å². The Morgan fingerprint density at radius 1 is 1.40 bits per heavy atom. The Labute approximate surface area is 120 Å². The van der Waals surface area contributed by atoms with E-state index in [0.717, 1.165) is 43.8 Å². The summed E-state index contributed by atoms with van der Waals surface area (Å²) >= 11 is 0. The summed E-state index contributed by atoms with van der Waals surface area (Å²) in [4.78, 5) is 12.0. The number of hydrogen-bond acceptors (Lipinski definition) is 3. The zero-order chi connectivity index (χ0) is 14.4. The highest BCUT2D eigenvalue weighted by atomic mass is 16.5. The first-order valence-electron chi connectivity index (χ1n) is 7.22. The van der Waals surface area contributed by atoms with Gasteiger partial charge in [0.15, 0.2) is 0 Å². The molecule has 1 heterocycles. The minimum atomic E-state index is 0.0815. The van der Waals surface area contributed by atoms with E-state index >= 15 is 0 Å². The summed E-state index contributed by atoms with van der Waals surface area (Å²) in [7, 11) is 1.64. The lowest BCUT2D eigenvalue weighted by Gasteiger charge is -2.34. The molecule has 0 spiro atoms. The molecule has 1 amide bonds. The van der Waals surface area contributed by atoms with Gasteiger partial charge in [-0.1, -0.05) is 19.1 Å². The van der Waals surface area contributed by atoms with Gasteiger partial charge in [-0.15, -0.1) is 0 Å². The van der Waals surface area contributed by atoms with Crippen molar-refractivity contribution >= 4 is 5.91 Å². The fraction of sp³-hybridized carbons (Fsp3) is 0.562. The van der Waals surface area contributed by atoms with Crippen LogP contribution in [0.2, 0.25) is 0 Å².